The van der Waals surface area contributed by atoms with Gasteiger partial charge in [0.05, 0.1) is 40.3 Å². The van der Waals surface area contributed by atoms with Gasteiger partial charge in [-0.25, -0.2) is 9.97 Å². The predicted molar refractivity (Wildman–Crippen MR) is 151 cm³/mol. The van der Waals surface area contributed by atoms with Gasteiger partial charge in [-0.2, -0.15) is 0 Å². The molecular formula is C28H32ClN7O. The lowest BCUT2D eigenvalue weighted by Crippen LogP contribution is -2.31. The quantitative estimate of drug-likeness (QED) is 0.321. The molecule has 2 aromatic carbocycles. The number of nitrogens with zero attached hydrogens (tertiary/aromatic N) is 5. The van der Waals surface area contributed by atoms with Crippen LogP contribution in [-0.2, 0) is 6.54 Å². The Morgan fingerprint density at radius 1 is 1.19 bits per heavy atom. The number of nitrogens with one attached hydrogen (secondary N) is 1. The summed E-state index contributed by atoms with van der Waals surface area (Å²) < 4.78 is 8.06. The molecule has 0 atom stereocenters. The number of aryl methyl sites for hydroxylation is 1. The molecule has 0 amide bonds. The lowest BCUT2D eigenvalue weighted by molar-refractivity contribution is 0.287. The molecule has 0 saturated carbocycles. The smallest absolute Gasteiger partial charge is 0.227 e. The molecule has 8 nitrogen and oxygen atoms in total. The maximum absolute atomic E-state index is 6.61. The highest BCUT2D eigenvalue weighted by molar-refractivity contribution is 6.33. The molecule has 1 fully saturated rings. The molecule has 37 heavy (non-hydrogen) atoms. The fraction of sp³-hybridized carbons (Fsp3) is 0.357. The Morgan fingerprint density at radius 3 is 2.86 bits per heavy atom. The molecule has 1 saturated heterocycles. The molecule has 4 heterocycles. The van der Waals surface area contributed by atoms with Gasteiger partial charge in [-0.1, -0.05) is 23.7 Å². The second-order valence-electron chi connectivity index (χ2n) is 9.95. The van der Waals surface area contributed by atoms with Gasteiger partial charge >= 0.3 is 0 Å². The monoisotopic (exact) mass is 517 g/mol. The average Bonchev–Trinajstić information content (AvgIpc) is 3.55. The summed E-state index contributed by atoms with van der Waals surface area (Å²) in [5.74, 6) is 1.36. The molecule has 2 aromatic heterocycles. The summed E-state index contributed by atoms with van der Waals surface area (Å²) in [6.45, 7) is 7.91. The van der Waals surface area contributed by atoms with Crippen LogP contribution in [0.1, 0.15) is 18.4 Å². The van der Waals surface area contributed by atoms with Gasteiger partial charge in [-0.3, -0.25) is 0 Å². The number of hydrogen-bond acceptors (Lipinski definition) is 7. The number of nitrogen functional groups attached to an aromatic ring is 1. The van der Waals surface area contributed by atoms with Crippen molar-refractivity contribution in [1.29, 1.82) is 0 Å². The molecule has 3 N–H and O–H groups in total. The highest BCUT2D eigenvalue weighted by atomic mass is 35.5. The zero-order valence-corrected chi connectivity index (χ0v) is 22.1. The van der Waals surface area contributed by atoms with Gasteiger partial charge in [0.1, 0.15) is 12.4 Å². The largest absolute Gasteiger partial charge is 0.490 e. The van der Waals surface area contributed by atoms with E-state index < -0.39 is 0 Å². The van der Waals surface area contributed by atoms with Crippen molar-refractivity contribution in [3.63, 3.8) is 0 Å². The standard InChI is InChI=1S/C28H32ClN7O/c1-18-14-24(34(2)10-11-35-8-3-4-9-35)22(30)15-23(18)32-28-31-16-21(29)26(33-28)20-17-36-12-13-37-25-7-5-6-19(20)27(25)36/h5-7,14-17H,3-4,8-13,30H2,1-2H3,(H,31,32,33). The van der Waals surface area contributed by atoms with Gasteiger partial charge < -0.3 is 30.2 Å². The van der Waals surface area contributed by atoms with E-state index in [0.717, 1.165) is 64.5 Å². The fourth-order valence-electron chi connectivity index (χ4n) is 5.39. The molecule has 6 rings (SSSR count). The third kappa shape index (κ3) is 4.55. The maximum atomic E-state index is 6.61. The van der Waals surface area contributed by atoms with E-state index >= 15 is 0 Å². The lowest BCUT2D eigenvalue weighted by Gasteiger charge is -2.25. The zero-order chi connectivity index (χ0) is 25.5. The first-order valence-electron chi connectivity index (χ1n) is 12.9. The van der Waals surface area contributed by atoms with Gasteiger partial charge in [0.15, 0.2) is 0 Å². The minimum Gasteiger partial charge on any atom is -0.490 e. The van der Waals surface area contributed by atoms with Crippen LogP contribution < -0.4 is 20.7 Å². The number of nitrogens with two attached hydrogens (primary N) is 1. The SMILES string of the molecule is Cc1cc(N(C)CCN2CCCC2)c(N)cc1Nc1ncc(Cl)c(-c2cn3c4c(cccc24)OCC3)n1. The van der Waals surface area contributed by atoms with Crippen LogP contribution in [0.4, 0.5) is 23.0 Å². The number of aromatic nitrogens is 3. The van der Waals surface area contributed by atoms with Crippen molar-refractivity contribution >= 4 is 45.5 Å². The first-order chi connectivity index (χ1) is 18.0. The van der Waals surface area contributed by atoms with Gasteiger partial charge in [0.2, 0.25) is 5.95 Å². The van der Waals surface area contributed by atoms with Crippen LogP contribution in [-0.4, -0.2) is 59.3 Å². The maximum Gasteiger partial charge on any atom is 0.227 e. The molecule has 0 unspecified atom stereocenters. The molecule has 0 bridgehead atoms. The molecule has 0 aliphatic carbocycles. The van der Waals surface area contributed by atoms with Crippen molar-refractivity contribution in [3.05, 3.63) is 53.3 Å². The lowest BCUT2D eigenvalue weighted by atomic mass is 10.1. The Balaban J connectivity index is 1.26. The molecule has 192 valence electrons. The van der Waals surface area contributed by atoms with Gasteiger partial charge in [0.25, 0.3) is 0 Å². The van der Waals surface area contributed by atoms with E-state index in [9.17, 15) is 0 Å². The zero-order valence-electron chi connectivity index (χ0n) is 21.3. The molecule has 2 aliphatic heterocycles. The van der Waals surface area contributed by atoms with Crippen LogP contribution >= 0.6 is 11.6 Å². The van der Waals surface area contributed by atoms with Crippen molar-refractivity contribution < 1.29 is 4.74 Å². The summed E-state index contributed by atoms with van der Waals surface area (Å²) in [6.07, 6.45) is 6.36. The first kappa shape index (κ1) is 23.9. The van der Waals surface area contributed by atoms with Crippen molar-refractivity contribution in [2.75, 3.05) is 55.8 Å². The number of hydrogen-bond donors (Lipinski definition) is 2. The number of rotatable bonds is 7. The number of para-hydroxylation sites is 1. The topological polar surface area (TPSA) is 84.5 Å². The minimum absolute atomic E-state index is 0.472. The van der Waals surface area contributed by atoms with Crippen molar-refractivity contribution in [3.8, 4) is 17.0 Å². The van der Waals surface area contributed by atoms with Crippen molar-refractivity contribution in [1.82, 2.24) is 19.4 Å². The van der Waals surface area contributed by atoms with Gasteiger partial charge in [0, 0.05) is 43.0 Å². The van der Waals surface area contributed by atoms with Gasteiger partial charge in [-0.05, 0) is 56.6 Å². The number of anilines is 4. The molecule has 0 radical (unpaired) electrons. The Morgan fingerprint density at radius 2 is 2.03 bits per heavy atom. The van der Waals surface area contributed by atoms with Crippen LogP contribution in [0.2, 0.25) is 5.02 Å². The molecular weight excluding hydrogens is 486 g/mol. The average molecular weight is 518 g/mol. The second-order valence-corrected chi connectivity index (χ2v) is 10.4. The third-order valence-corrected chi connectivity index (χ3v) is 7.71. The Labute approximate surface area is 222 Å². The van der Waals surface area contributed by atoms with Crippen LogP contribution in [0.5, 0.6) is 5.75 Å². The summed E-state index contributed by atoms with van der Waals surface area (Å²) in [5, 5.41) is 4.93. The van der Waals surface area contributed by atoms with E-state index in [1.165, 1.54) is 25.9 Å². The highest BCUT2D eigenvalue weighted by Crippen LogP contribution is 2.39. The summed E-state index contributed by atoms with van der Waals surface area (Å²) in [6, 6.07) is 10.2. The summed E-state index contributed by atoms with van der Waals surface area (Å²) >= 11 is 6.61. The second kappa shape index (κ2) is 9.76. The summed E-state index contributed by atoms with van der Waals surface area (Å²) in [5.41, 5.74) is 12.9. The highest BCUT2D eigenvalue weighted by Gasteiger charge is 2.21. The van der Waals surface area contributed by atoms with Crippen LogP contribution in [0, 0.1) is 6.92 Å². The Bertz CT molecular complexity index is 1460. The van der Waals surface area contributed by atoms with Crippen molar-refractivity contribution in [2.45, 2.75) is 26.3 Å². The fourth-order valence-corrected chi connectivity index (χ4v) is 5.58. The number of ether oxygens (including phenoxy) is 1. The first-order valence-corrected chi connectivity index (χ1v) is 13.2. The van der Waals surface area contributed by atoms with E-state index in [1.807, 2.05) is 18.2 Å². The van der Waals surface area contributed by atoms with E-state index in [4.69, 9.17) is 27.1 Å². The summed E-state index contributed by atoms with van der Waals surface area (Å²) in [7, 11) is 2.10. The van der Waals surface area contributed by atoms with E-state index in [0.29, 0.717) is 23.3 Å². The predicted octanol–water partition coefficient (Wildman–Crippen LogP) is 5.31. The number of halogens is 1. The molecule has 2 aliphatic rings. The third-order valence-electron chi connectivity index (χ3n) is 7.43. The normalized spacial score (nSPS) is 15.2. The van der Waals surface area contributed by atoms with E-state index in [2.05, 4.69) is 57.0 Å². The number of benzene rings is 2. The molecule has 4 aromatic rings. The molecule has 0 spiro atoms. The molecule has 9 heteroatoms. The van der Waals surface area contributed by atoms with Crippen LogP contribution in [0.15, 0.2) is 42.7 Å². The Hall–Kier alpha value is -3.49. The van der Waals surface area contributed by atoms with E-state index in [1.54, 1.807) is 6.20 Å². The van der Waals surface area contributed by atoms with Crippen LogP contribution in [0.3, 0.4) is 0 Å². The number of likely N-dealkylation sites (tertiary alicyclic amines) is 1. The van der Waals surface area contributed by atoms with Crippen molar-refractivity contribution in [2.24, 2.45) is 0 Å². The number of likely N-dealkylation sites (N-methyl/N-ethyl adjacent to an activating group) is 1. The van der Waals surface area contributed by atoms with Gasteiger partial charge in [-0.15, -0.1) is 0 Å². The van der Waals surface area contributed by atoms with Crippen LogP contribution in [0.25, 0.3) is 22.2 Å². The summed E-state index contributed by atoms with van der Waals surface area (Å²) in [4.78, 5) is 14.0. The Kier molecular flexibility index (Phi) is 6.30. The van der Waals surface area contributed by atoms with E-state index in [-0.39, 0.29) is 0 Å². The minimum atomic E-state index is 0.472.